The number of hydrogen-bond donors (Lipinski definition) is 1. The second-order valence-electron chi connectivity index (χ2n) is 3.30. The lowest BCUT2D eigenvalue weighted by molar-refractivity contribution is -0.120. The summed E-state index contributed by atoms with van der Waals surface area (Å²) in [6.45, 7) is 2.80. The van der Waals surface area contributed by atoms with Crippen molar-refractivity contribution in [3.63, 3.8) is 0 Å². The van der Waals surface area contributed by atoms with Crippen molar-refractivity contribution < 1.29 is 9.53 Å². The van der Waals surface area contributed by atoms with Crippen LogP contribution in [0.4, 0.5) is 0 Å². The molecule has 2 atom stereocenters. The number of nitrogens with one attached hydrogen (secondary N) is 1. The van der Waals surface area contributed by atoms with Gasteiger partial charge in [0, 0.05) is 12.2 Å². The monoisotopic (exact) mass is 200 g/mol. The normalized spacial score (nSPS) is 32.4. The number of nitrogens with zero attached hydrogens (tertiary/aromatic N) is 1. The van der Waals surface area contributed by atoms with Gasteiger partial charge in [0.2, 0.25) is 5.91 Å². The zero-order valence-corrected chi connectivity index (χ0v) is 8.26. The molecule has 2 aliphatic rings. The van der Waals surface area contributed by atoms with Gasteiger partial charge in [-0.3, -0.25) is 9.79 Å². The van der Waals surface area contributed by atoms with Crippen LogP contribution in [0.5, 0.6) is 0 Å². The summed E-state index contributed by atoms with van der Waals surface area (Å²) in [4.78, 5) is 15.4. The van der Waals surface area contributed by atoms with E-state index in [-0.39, 0.29) is 11.9 Å². The number of thioether (sulfide) groups is 1. The Balaban J connectivity index is 1.85. The summed E-state index contributed by atoms with van der Waals surface area (Å²) in [5, 5.41) is 3.50. The standard InChI is InChI=1S/C8H12N2O2S/c1-5-2-7(11)10-8(9-5)13-4-6-3-12-6/h5-6H,2-4H2,1H3,(H,9,10,11)/t5-,6-/m1/s1. The first-order chi connectivity index (χ1) is 6.24. The van der Waals surface area contributed by atoms with Gasteiger partial charge in [0.25, 0.3) is 0 Å². The molecule has 72 valence electrons. The topological polar surface area (TPSA) is 54.0 Å². The number of carbonyl (C=O) groups is 1. The van der Waals surface area contributed by atoms with Crippen molar-refractivity contribution in [1.29, 1.82) is 0 Å². The molecule has 4 nitrogen and oxygen atoms in total. The zero-order valence-electron chi connectivity index (χ0n) is 7.45. The minimum atomic E-state index is 0.0710. The third-order valence-electron chi connectivity index (χ3n) is 1.87. The van der Waals surface area contributed by atoms with Crippen molar-refractivity contribution in [2.75, 3.05) is 12.4 Å². The van der Waals surface area contributed by atoms with Crippen LogP contribution in [0.25, 0.3) is 0 Å². The van der Waals surface area contributed by atoms with E-state index < -0.39 is 0 Å². The first kappa shape index (κ1) is 9.02. The van der Waals surface area contributed by atoms with Gasteiger partial charge in [0.1, 0.15) is 0 Å². The predicted molar refractivity (Wildman–Crippen MR) is 51.9 cm³/mol. The maximum Gasteiger partial charge on any atom is 0.228 e. The van der Waals surface area contributed by atoms with Crippen molar-refractivity contribution in [2.24, 2.45) is 4.99 Å². The Morgan fingerprint density at radius 1 is 1.77 bits per heavy atom. The molecular weight excluding hydrogens is 188 g/mol. The Kier molecular flexibility index (Phi) is 2.55. The zero-order chi connectivity index (χ0) is 9.26. The van der Waals surface area contributed by atoms with Crippen LogP contribution in [0.2, 0.25) is 0 Å². The van der Waals surface area contributed by atoms with Gasteiger partial charge in [-0.25, -0.2) is 0 Å². The van der Waals surface area contributed by atoms with E-state index >= 15 is 0 Å². The fourth-order valence-electron chi connectivity index (χ4n) is 1.13. The molecule has 1 saturated heterocycles. The molecule has 1 N–H and O–H groups in total. The third kappa shape index (κ3) is 2.70. The highest BCUT2D eigenvalue weighted by Gasteiger charge is 2.25. The summed E-state index contributed by atoms with van der Waals surface area (Å²) in [7, 11) is 0. The van der Waals surface area contributed by atoms with E-state index in [0.717, 1.165) is 17.5 Å². The van der Waals surface area contributed by atoms with Crippen LogP contribution >= 0.6 is 11.8 Å². The largest absolute Gasteiger partial charge is 0.372 e. The molecule has 0 bridgehead atoms. The van der Waals surface area contributed by atoms with Crippen molar-refractivity contribution in [3.05, 3.63) is 0 Å². The summed E-state index contributed by atoms with van der Waals surface area (Å²) in [6.07, 6.45) is 0.881. The molecule has 1 fully saturated rings. The number of carbonyl (C=O) groups excluding carboxylic acids is 1. The molecule has 0 saturated carbocycles. The lowest BCUT2D eigenvalue weighted by Crippen LogP contribution is -2.36. The van der Waals surface area contributed by atoms with Crippen LogP contribution in [0.1, 0.15) is 13.3 Å². The SMILES string of the molecule is C[C@@H]1CC(=O)NC(SC[C@H]2CO2)=N1. The Hall–Kier alpha value is -0.550. The highest BCUT2D eigenvalue weighted by Crippen LogP contribution is 2.18. The van der Waals surface area contributed by atoms with Crippen LogP contribution < -0.4 is 5.32 Å². The predicted octanol–water partition coefficient (Wildman–Crippen LogP) is 0.383. The molecule has 0 aromatic heterocycles. The van der Waals surface area contributed by atoms with Gasteiger partial charge in [-0.1, -0.05) is 11.8 Å². The summed E-state index contributed by atoms with van der Waals surface area (Å²) in [6, 6.07) is 0.122. The van der Waals surface area contributed by atoms with Crippen LogP contribution in [0.3, 0.4) is 0 Å². The molecule has 2 rings (SSSR count). The molecule has 5 heteroatoms. The minimum Gasteiger partial charge on any atom is -0.372 e. The first-order valence-electron chi connectivity index (χ1n) is 4.36. The number of rotatable bonds is 2. The fraction of sp³-hybridized carbons (Fsp3) is 0.750. The van der Waals surface area contributed by atoms with Crippen molar-refractivity contribution in [2.45, 2.75) is 25.5 Å². The fourth-order valence-corrected chi connectivity index (χ4v) is 2.10. The van der Waals surface area contributed by atoms with Gasteiger partial charge in [-0.05, 0) is 6.92 Å². The van der Waals surface area contributed by atoms with Gasteiger partial charge in [-0.2, -0.15) is 0 Å². The van der Waals surface area contributed by atoms with Gasteiger partial charge in [0.15, 0.2) is 5.17 Å². The third-order valence-corrected chi connectivity index (χ3v) is 2.89. The van der Waals surface area contributed by atoms with Crippen LogP contribution in [-0.4, -0.2) is 35.6 Å². The highest BCUT2D eigenvalue weighted by molar-refractivity contribution is 8.13. The van der Waals surface area contributed by atoms with E-state index in [9.17, 15) is 4.79 Å². The minimum absolute atomic E-state index is 0.0710. The van der Waals surface area contributed by atoms with Gasteiger partial charge < -0.3 is 10.1 Å². The highest BCUT2D eigenvalue weighted by atomic mass is 32.2. The van der Waals surface area contributed by atoms with E-state index in [1.165, 1.54) is 0 Å². The number of epoxide rings is 1. The van der Waals surface area contributed by atoms with Crippen LogP contribution in [-0.2, 0) is 9.53 Å². The van der Waals surface area contributed by atoms with E-state index in [2.05, 4.69) is 10.3 Å². The summed E-state index contributed by atoms with van der Waals surface area (Å²) >= 11 is 1.57. The van der Waals surface area contributed by atoms with Gasteiger partial charge in [-0.15, -0.1) is 0 Å². The second-order valence-corrected chi connectivity index (χ2v) is 4.31. The average Bonchev–Trinajstić information content (AvgIpc) is 2.81. The van der Waals surface area contributed by atoms with Crippen molar-refractivity contribution in [3.8, 4) is 0 Å². The Morgan fingerprint density at radius 2 is 2.54 bits per heavy atom. The van der Waals surface area contributed by atoms with E-state index in [4.69, 9.17) is 4.74 Å². The molecule has 0 aliphatic carbocycles. The summed E-state index contributed by atoms with van der Waals surface area (Å²) in [5.74, 6) is 0.966. The molecule has 1 amide bonds. The second kappa shape index (κ2) is 3.67. The van der Waals surface area contributed by atoms with Crippen LogP contribution in [0, 0.1) is 0 Å². The number of amides is 1. The number of amidine groups is 1. The smallest absolute Gasteiger partial charge is 0.228 e. The first-order valence-corrected chi connectivity index (χ1v) is 5.34. The van der Waals surface area contributed by atoms with Crippen molar-refractivity contribution in [1.82, 2.24) is 5.32 Å². The maximum atomic E-state index is 11.1. The number of ether oxygens (including phenoxy) is 1. The molecule has 0 spiro atoms. The molecule has 13 heavy (non-hydrogen) atoms. The van der Waals surface area contributed by atoms with Gasteiger partial charge in [0.05, 0.1) is 18.8 Å². The van der Waals surface area contributed by atoms with Crippen LogP contribution in [0.15, 0.2) is 4.99 Å². The molecule has 0 unspecified atom stereocenters. The lowest BCUT2D eigenvalue weighted by atomic mass is 10.2. The Bertz CT molecular complexity index is 251. The lowest BCUT2D eigenvalue weighted by Gasteiger charge is -2.16. The van der Waals surface area contributed by atoms with Crippen molar-refractivity contribution >= 4 is 22.8 Å². The molecular formula is C8H12N2O2S. The quantitative estimate of drug-likeness (QED) is 0.656. The number of aliphatic imine (C=N–C) groups is 1. The average molecular weight is 200 g/mol. The molecule has 0 aromatic carbocycles. The maximum absolute atomic E-state index is 11.1. The van der Waals surface area contributed by atoms with Gasteiger partial charge >= 0.3 is 0 Å². The molecule has 0 aromatic rings. The summed E-state index contributed by atoms with van der Waals surface area (Å²) in [5.41, 5.74) is 0. The molecule has 2 heterocycles. The number of hydrogen-bond acceptors (Lipinski definition) is 4. The Morgan fingerprint density at radius 3 is 3.15 bits per heavy atom. The van der Waals surface area contributed by atoms with E-state index in [1.54, 1.807) is 11.8 Å². The molecule has 0 radical (unpaired) electrons. The van der Waals surface area contributed by atoms with E-state index in [0.29, 0.717) is 12.5 Å². The van der Waals surface area contributed by atoms with E-state index in [1.807, 2.05) is 6.92 Å². The Labute approximate surface area is 81.1 Å². The summed E-state index contributed by atoms with van der Waals surface area (Å²) < 4.78 is 5.06. The molecule has 2 aliphatic heterocycles.